The Labute approximate surface area is 180 Å². The third-order valence-corrected chi connectivity index (χ3v) is 5.67. The van der Waals surface area contributed by atoms with Crippen molar-refractivity contribution in [3.05, 3.63) is 105 Å². The fourth-order valence-electron chi connectivity index (χ4n) is 3.48. The highest BCUT2D eigenvalue weighted by atomic mass is 35.5. The summed E-state index contributed by atoms with van der Waals surface area (Å²) in [6.45, 7) is 3.49. The van der Waals surface area contributed by atoms with Crippen molar-refractivity contribution in [1.29, 1.82) is 0 Å². The van der Waals surface area contributed by atoms with Crippen molar-refractivity contribution >= 4 is 40.3 Å². The molecule has 0 fully saturated rings. The van der Waals surface area contributed by atoms with Gasteiger partial charge in [0.2, 0.25) is 0 Å². The quantitative estimate of drug-likeness (QED) is 0.282. The molecule has 1 aromatic heterocycles. The molecule has 0 bridgehead atoms. The molecule has 3 nitrogen and oxygen atoms in total. The van der Waals surface area contributed by atoms with Crippen molar-refractivity contribution in [3.63, 3.8) is 0 Å². The van der Waals surface area contributed by atoms with Crippen molar-refractivity contribution in [1.82, 2.24) is 9.99 Å². The average Bonchev–Trinajstić information content (AvgIpc) is 3.00. The molecule has 0 aliphatic carbocycles. The molecule has 1 N–H and O–H groups in total. The molecule has 0 radical (unpaired) electrons. The van der Waals surface area contributed by atoms with E-state index in [0.29, 0.717) is 6.54 Å². The van der Waals surface area contributed by atoms with Crippen molar-refractivity contribution in [2.24, 2.45) is 5.10 Å². The number of nitrogens with zero attached hydrogens (tertiary/aromatic N) is 2. The zero-order valence-electron chi connectivity index (χ0n) is 16.1. The average molecular weight is 422 g/mol. The molecule has 5 heteroatoms. The predicted octanol–water partition coefficient (Wildman–Crippen LogP) is 6.43. The Morgan fingerprint density at radius 2 is 1.66 bits per heavy atom. The number of hydrogen-bond acceptors (Lipinski definition) is 2. The maximum absolute atomic E-state index is 6.21. The van der Waals surface area contributed by atoms with E-state index in [1.54, 1.807) is 0 Å². The maximum Gasteiger partial charge on any atom is 0.0594 e. The Morgan fingerprint density at radius 1 is 0.931 bits per heavy atom. The third-order valence-electron chi connectivity index (χ3n) is 5.05. The van der Waals surface area contributed by atoms with Crippen LogP contribution in [0.15, 0.2) is 77.9 Å². The van der Waals surface area contributed by atoms with Gasteiger partial charge in [-0.2, -0.15) is 5.10 Å². The molecule has 3 aromatic carbocycles. The van der Waals surface area contributed by atoms with E-state index in [-0.39, 0.29) is 0 Å². The first-order valence-electron chi connectivity index (χ1n) is 9.45. The number of hydrogen-bond donors (Lipinski definition) is 1. The summed E-state index contributed by atoms with van der Waals surface area (Å²) in [5.41, 5.74) is 8.81. The topological polar surface area (TPSA) is 29.3 Å². The largest absolute Gasteiger partial charge is 0.340 e. The molecule has 0 atom stereocenters. The number of fused-ring (bicyclic) bond motifs is 1. The Balaban J connectivity index is 1.60. The molecule has 0 amide bonds. The number of nitrogens with one attached hydrogen (secondary N) is 1. The smallest absolute Gasteiger partial charge is 0.0594 e. The molecule has 0 spiro atoms. The maximum atomic E-state index is 6.21. The van der Waals surface area contributed by atoms with Gasteiger partial charge in [0.05, 0.1) is 12.8 Å². The molecule has 0 aliphatic rings. The first kappa shape index (κ1) is 19.6. The number of halogens is 2. The molecule has 4 rings (SSSR count). The molecule has 0 saturated carbocycles. The van der Waals surface area contributed by atoms with Crippen LogP contribution in [0.1, 0.15) is 22.4 Å². The second-order valence-electron chi connectivity index (χ2n) is 6.91. The van der Waals surface area contributed by atoms with Gasteiger partial charge in [0, 0.05) is 38.8 Å². The highest BCUT2D eigenvalue weighted by Crippen LogP contribution is 2.26. The van der Waals surface area contributed by atoms with Crippen LogP contribution in [0.5, 0.6) is 0 Å². The Morgan fingerprint density at radius 3 is 2.45 bits per heavy atom. The minimum absolute atomic E-state index is 0.582. The van der Waals surface area contributed by atoms with Crippen molar-refractivity contribution in [3.8, 4) is 0 Å². The van der Waals surface area contributed by atoms with Gasteiger partial charge in [-0.15, -0.1) is 0 Å². The van der Waals surface area contributed by atoms with Gasteiger partial charge >= 0.3 is 0 Å². The summed E-state index contributed by atoms with van der Waals surface area (Å²) in [6, 6.07) is 24.2. The van der Waals surface area contributed by atoms with Crippen LogP contribution in [0.25, 0.3) is 10.9 Å². The molecule has 0 saturated heterocycles. The van der Waals surface area contributed by atoms with Crippen molar-refractivity contribution < 1.29 is 0 Å². The van der Waals surface area contributed by atoms with E-state index in [4.69, 9.17) is 23.2 Å². The number of rotatable bonds is 6. The van der Waals surface area contributed by atoms with Gasteiger partial charge in [-0.25, -0.2) is 0 Å². The summed E-state index contributed by atoms with van der Waals surface area (Å²) in [4.78, 5) is 0. The lowest BCUT2D eigenvalue weighted by Crippen LogP contribution is -2.06. The van der Waals surface area contributed by atoms with E-state index in [1.165, 1.54) is 22.2 Å². The van der Waals surface area contributed by atoms with Gasteiger partial charge in [-0.3, -0.25) is 0 Å². The Kier molecular flexibility index (Phi) is 5.89. The van der Waals surface area contributed by atoms with Crippen LogP contribution in [-0.4, -0.2) is 10.8 Å². The van der Waals surface area contributed by atoms with Gasteiger partial charge in [0.1, 0.15) is 0 Å². The Hall–Kier alpha value is -2.75. The normalized spacial score (nSPS) is 11.4. The number of benzene rings is 3. The fourth-order valence-corrected chi connectivity index (χ4v) is 3.81. The molecule has 0 unspecified atom stereocenters. The molecule has 29 heavy (non-hydrogen) atoms. The van der Waals surface area contributed by atoms with E-state index < -0.39 is 0 Å². The highest BCUT2D eigenvalue weighted by molar-refractivity contribution is 6.31. The van der Waals surface area contributed by atoms with Crippen molar-refractivity contribution in [2.75, 3.05) is 0 Å². The van der Waals surface area contributed by atoms with Gasteiger partial charge < -0.3 is 9.99 Å². The fraction of sp³-hybridized carbons (Fsp3) is 0.125. The molecule has 146 valence electrons. The Bertz CT molecular complexity index is 1160. The summed E-state index contributed by atoms with van der Waals surface area (Å²) in [6.07, 6.45) is 1.90. The van der Waals surface area contributed by atoms with Crippen LogP contribution in [0, 0.1) is 6.92 Å². The SMILES string of the molecule is Cc1c(/C=N\NCc2ccccc2Cl)c2ccccc2n1Cc1ccc(Cl)cc1. The molecular weight excluding hydrogens is 401 g/mol. The third kappa shape index (κ3) is 4.31. The van der Waals surface area contributed by atoms with E-state index in [2.05, 4.69) is 58.4 Å². The monoisotopic (exact) mass is 421 g/mol. The van der Waals surface area contributed by atoms with E-state index in [1.807, 2.05) is 42.6 Å². The lowest BCUT2D eigenvalue weighted by molar-refractivity contribution is 0.748. The summed E-state index contributed by atoms with van der Waals surface area (Å²) in [7, 11) is 0. The first-order valence-corrected chi connectivity index (χ1v) is 10.2. The molecule has 4 aromatic rings. The zero-order chi connectivity index (χ0) is 20.2. The van der Waals surface area contributed by atoms with Gasteiger partial charge in [0.25, 0.3) is 0 Å². The van der Waals surface area contributed by atoms with Gasteiger partial charge in [0.15, 0.2) is 0 Å². The zero-order valence-corrected chi connectivity index (χ0v) is 17.6. The summed E-state index contributed by atoms with van der Waals surface area (Å²) >= 11 is 12.2. The summed E-state index contributed by atoms with van der Waals surface area (Å²) in [5, 5.41) is 7.13. The summed E-state index contributed by atoms with van der Waals surface area (Å²) < 4.78 is 2.31. The lowest BCUT2D eigenvalue weighted by atomic mass is 10.1. The van der Waals surface area contributed by atoms with E-state index >= 15 is 0 Å². The highest BCUT2D eigenvalue weighted by Gasteiger charge is 2.12. The second-order valence-corrected chi connectivity index (χ2v) is 7.76. The molecule has 1 heterocycles. The standard InChI is InChI=1S/C24H21Cl2N3/c1-17-22(15-28-27-14-19-6-2-4-8-23(19)26)21-7-3-5-9-24(21)29(17)16-18-10-12-20(25)13-11-18/h2-13,15,27H,14,16H2,1H3/b28-15-. The second kappa shape index (κ2) is 8.73. The molecule has 0 aliphatic heterocycles. The van der Waals surface area contributed by atoms with E-state index in [0.717, 1.165) is 27.7 Å². The van der Waals surface area contributed by atoms with Crippen LogP contribution in [-0.2, 0) is 13.1 Å². The number of hydrazone groups is 1. The first-order chi connectivity index (χ1) is 14.1. The van der Waals surface area contributed by atoms with Gasteiger partial charge in [-0.05, 0) is 42.3 Å². The minimum atomic E-state index is 0.582. The number of aromatic nitrogens is 1. The van der Waals surface area contributed by atoms with Crippen LogP contribution >= 0.6 is 23.2 Å². The lowest BCUT2D eigenvalue weighted by Gasteiger charge is -2.09. The predicted molar refractivity (Wildman–Crippen MR) is 123 cm³/mol. The minimum Gasteiger partial charge on any atom is -0.340 e. The van der Waals surface area contributed by atoms with Crippen LogP contribution in [0.2, 0.25) is 10.0 Å². The van der Waals surface area contributed by atoms with Crippen LogP contribution in [0.3, 0.4) is 0 Å². The van der Waals surface area contributed by atoms with Crippen LogP contribution < -0.4 is 5.43 Å². The van der Waals surface area contributed by atoms with Crippen molar-refractivity contribution in [2.45, 2.75) is 20.0 Å². The number of para-hydroxylation sites is 1. The van der Waals surface area contributed by atoms with E-state index in [9.17, 15) is 0 Å². The summed E-state index contributed by atoms with van der Waals surface area (Å²) in [5.74, 6) is 0. The van der Waals surface area contributed by atoms with Gasteiger partial charge in [-0.1, -0.05) is 71.7 Å². The van der Waals surface area contributed by atoms with Crippen LogP contribution in [0.4, 0.5) is 0 Å². The molecular formula is C24H21Cl2N3.